The molecule has 0 spiro atoms. The third-order valence-corrected chi connectivity index (χ3v) is 2.48. The van der Waals surface area contributed by atoms with Gasteiger partial charge in [-0.3, -0.25) is 0 Å². The molecule has 2 aromatic rings. The largest absolute Gasteiger partial charge is 0.488 e. The Hall–Kier alpha value is -1.30. The molecule has 0 saturated heterocycles. The molecule has 0 atom stereocenters. The van der Waals surface area contributed by atoms with E-state index in [-0.39, 0.29) is 0 Å². The van der Waals surface area contributed by atoms with Crippen LogP contribution in [0.25, 0.3) is 0 Å². The zero-order valence-electron chi connectivity index (χ0n) is 10.0. The molecule has 2 aromatic carbocycles. The molecule has 0 unspecified atom stereocenters. The smallest absolute Gasteiger partial charge is 0.423 e. The van der Waals surface area contributed by atoms with Crippen molar-refractivity contribution in [3.8, 4) is 0 Å². The average molecular weight is 278 g/mol. The lowest BCUT2D eigenvalue weighted by Gasteiger charge is -1.97. The molecule has 7 heteroatoms. The summed E-state index contributed by atoms with van der Waals surface area (Å²) in [5, 5.41) is 35.0. The highest BCUT2D eigenvalue weighted by molar-refractivity contribution is 6.59. The molecule has 0 heterocycles. The summed E-state index contributed by atoms with van der Waals surface area (Å²) in [6, 6.07) is 15.1. The second kappa shape index (κ2) is 7.99. The summed E-state index contributed by atoms with van der Waals surface area (Å²) in [6.07, 6.45) is 0. The Morgan fingerprint density at radius 2 is 1.21 bits per heavy atom. The fourth-order valence-corrected chi connectivity index (χ4v) is 1.49. The molecule has 4 N–H and O–H groups in total. The van der Waals surface area contributed by atoms with E-state index in [1.807, 2.05) is 6.07 Å². The lowest BCUT2D eigenvalue weighted by Crippen LogP contribution is -2.29. The van der Waals surface area contributed by atoms with Crippen LogP contribution < -0.4 is 10.9 Å². The lowest BCUT2D eigenvalue weighted by atomic mass is 9.81. The van der Waals surface area contributed by atoms with Crippen molar-refractivity contribution in [2.24, 2.45) is 0 Å². The highest BCUT2D eigenvalue weighted by atomic mass is 35.5. The molecular formula is C12H13B2ClO4. The van der Waals surface area contributed by atoms with Gasteiger partial charge in [0, 0.05) is 5.02 Å². The minimum atomic E-state index is -1.43. The van der Waals surface area contributed by atoms with Crippen molar-refractivity contribution >= 4 is 36.8 Å². The van der Waals surface area contributed by atoms with Crippen molar-refractivity contribution in [2.45, 2.75) is 0 Å². The van der Waals surface area contributed by atoms with E-state index in [2.05, 4.69) is 0 Å². The maximum absolute atomic E-state index is 8.65. The Morgan fingerprint density at radius 3 is 1.58 bits per heavy atom. The molecule has 0 fully saturated rings. The summed E-state index contributed by atoms with van der Waals surface area (Å²) in [6.45, 7) is 0. The van der Waals surface area contributed by atoms with Crippen LogP contribution in [-0.2, 0) is 0 Å². The van der Waals surface area contributed by atoms with Gasteiger partial charge in [-0.2, -0.15) is 0 Å². The van der Waals surface area contributed by atoms with E-state index in [0.717, 1.165) is 0 Å². The minimum absolute atomic E-state index is 0.410. The van der Waals surface area contributed by atoms with Gasteiger partial charge in [0.25, 0.3) is 0 Å². The molecule has 0 amide bonds. The van der Waals surface area contributed by atoms with Crippen LogP contribution >= 0.6 is 11.6 Å². The fraction of sp³-hybridized carbons (Fsp3) is 0. The van der Waals surface area contributed by atoms with E-state index in [1.54, 1.807) is 42.5 Å². The van der Waals surface area contributed by atoms with Gasteiger partial charge in [0.15, 0.2) is 0 Å². The summed E-state index contributed by atoms with van der Waals surface area (Å²) in [5.74, 6) is 0. The molecule has 0 aromatic heterocycles. The van der Waals surface area contributed by atoms with E-state index in [9.17, 15) is 0 Å². The maximum atomic E-state index is 8.65. The monoisotopic (exact) mass is 278 g/mol. The summed E-state index contributed by atoms with van der Waals surface area (Å²) >= 11 is 5.57. The van der Waals surface area contributed by atoms with Gasteiger partial charge in [-0.1, -0.05) is 54.1 Å². The first-order chi connectivity index (χ1) is 9.00. The molecule has 4 nitrogen and oxygen atoms in total. The molecule has 0 saturated carbocycles. The first kappa shape index (κ1) is 15.8. The topological polar surface area (TPSA) is 80.9 Å². The van der Waals surface area contributed by atoms with Gasteiger partial charge in [-0.25, -0.2) is 0 Å². The van der Waals surface area contributed by atoms with Crippen LogP contribution in [-0.4, -0.2) is 34.3 Å². The molecule has 0 bridgehead atoms. The van der Waals surface area contributed by atoms with Crippen molar-refractivity contribution in [2.75, 3.05) is 0 Å². The minimum Gasteiger partial charge on any atom is -0.423 e. The van der Waals surface area contributed by atoms with E-state index in [1.165, 1.54) is 6.07 Å². The van der Waals surface area contributed by atoms with Crippen molar-refractivity contribution < 1.29 is 20.1 Å². The molecular weight excluding hydrogens is 265 g/mol. The molecule has 2 rings (SSSR count). The van der Waals surface area contributed by atoms with Crippen LogP contribution in [0.4, 0.5) is 0 Å². The highest BCUT2D eigenvalue weighted by Crippen LogP contribution is 2.03. The van der Waals surface area contributed by atoms with Crippen LogP contribution in [0, 0.1) is 0 Å². The normalized spacial score (nSPS) is 9.32. The number of halogens is 1. The second-order valence-electron chi connectivity index (χ2n) is 3.71. The number of hydrogen-bond donors (Lipinski definition) is 4. The standard InChI is InChI=1S/C6H6BClO2.C6H7BO2/c8-6-3-1-2-5(4-6)7(9)10;8-7(9)6-4-2-1-3-5-6/h1-4,9-10H;1-5,8-9H. The molecule has 0 aliphatic heterocycles. The predicted octanol–water partition coefficient (Wildman–Crippen LogP) is -0.614. The molecule has 0 aliphatic carbocycles. The Labute approximate surface area is 117 Å². The summed E-state index contributed by atoms with van der Waals surface area (Å²) in [5.41, 5.74) is 0.935. The van der Waals surface area contributed by atoms with Crippen molar-refractivity contribution in [1.29, 1.82) is 0 Å². The van der Waals surface area contributed by atoms with E-state index >= 15 is 0 Å². The van der Waals surface area contributed by atoms with Crippen molar-refractivity contribution in [3.05, 3.63) is 59.6 Å². The average Bonchev–Trinajstić information content (AvgIpc) is 2.40. The van der Waals surface area contributed by atoms with E-state index < -0.39 is 14.2 Å². The maximum Gasteiger partial charge on any atom is 0.488 e. The molecule has 0 aliphatic rings. The molecule has 19 heavy (non-hydrogen) atoms. The van der Waals surface area contributed by atoms with Gasteiger partial charge in [0.05, 0.1) is 0 Å². The van der Waals surface area contributed by atoms with Crippen LogP contribution in [0.1, 0.15) is 0 Å². The van der Waals surface area contributed by atoms with Gasteiger partial charge in [0.1, 0.15) is 0 Å². The quantitative estimate of drug-likeness (QED) is 0.552. The fourth-order valence-electron chi connectivity index (χ4n) is 1.29. The zero-order valence-corrected chi connectivity index (χ0v) is 10.8. The Morgan fingerprint density at radius 1 is 0.684 bits per heavy atom. The number of hydrogen-bond acceptors (Lipinski definition) is 4. The SMILES string of the molecule is OB(O)c1cccc(Cl)c1.OB(O)c1ccccc1. The predicted molar refractivity (Wildman–Crippen MR) is 77.5 cm³/mol. The van der Waals surface area contributed by atoms with Crippen molar-refractivity contribution in [1.82, 2.24) is 0 Å². The summed E-state index contributed by atoms with van der Waals surface area (Å²) in [4.78, 5) is 0. The van der Waals surface area contributed by atoms with Crippen LogP contribution in [0.15, 0.2) is 54.6 Å². The van der Waals surface area contributed by atoms with Gasteiger partial charge in [-0.15, -0.1) is 0 Å². The van der Waals surface area contributed by atoms with Crippen LogP contribution in [0.3, 0.4) is 0 Å². The summed E-state index contributed by atoms with van der Waals surface area (Å²) < 4.78 is 0. The zero-order chi connectivity index (χ0) is 14.3. The Bertz CT molecular complexity index is 494. The Balaban J connectivity index is 0.000000191. The van der Waals surface area contributed by atoms with Crippen molar-refractivity contribution in [3.63, 3.8) is 0 Å². The summed E-state index contributed by atoms with van der Waals surface area (Å²) in [7, 11) is -2.77. The number of rotatable bonds is 2. The third kappa shape index (κ3) is 5.91. The highest BCUT2D eigenvalue weighted by Gasteiger charge is 2.09. The first-order valence-electron chi connectivity index (χ1n) is 5.53. The third-order valence-electron chi connectivity index (χ3n) is 2.24. The molecule has 98 valence electrons. The van der Waals surface area contributed by atoms with E-state index in [4.69, 9.17) is 31.7 Å². The number of benzene rings is 2. The van der Waals surface area contributed by atoms with Gasteiger partial charge in [-0.05, 0) is 23.1 Å². The second-order valence-corrected chi connectivity index (χ2v) is 4.15. The van der Waals surface area contributed by atoms with Gasteiger partial charge in [0.2, 0.25) is 0 Å². The lowest BCUT2D eigenvalue weighted by molar-refractivity contribution is 0.424. The first-order valence-corrected chi connectivity index (χ1v) is 5.91. The van der Waals surface area contributed by atoms with Crippen LogP contribution in [0.2, 0.25) is 5.02 Å². The van der Waals surface area contributed by atoms with Gasteiger partial charge < -0.3 is 20.1 Å². The Kier molecular flexibility index (Phi) is 6.62. The van der Waals surface area contributed by atoms with Gasteiger partial charge >= 0.3 is 14.2 Å². The van der Waals surface area contributed by atoms with Crippen LogP contribution in [0.5, 0.6) is 0 Å². The molecule has 0 radical (unpaired) electrons. The van der Waals surface area contributed by atoms with E-state index in [0.29, 0.717) is 15.9 Å².